The third-order valence-electron chi connectivity index (χ3n) is 1.97. The average Bonchev–Trinajstić information content (AvgIpc) is 2.89. The van der Waals surface area contributed by atoms with Crippen LogP contribution in [0.3, 0.4) is 0 Å². The van der Waals surface area contributed by atoms with Crippen LogP contribution in [0.2, 0.25) is 0 Å². The standard InChI is InChI=1S/C7H5N2.C6H15O2PS.Au/c1-2-4-7-6(3-1)8-5-9-7;1-4-7-9(8-5-2)10-6-3;/h1-4H,(H,8,9);4-6H2,1-3H3;/q-1;;+1. The summed E-state index contributed by atoms with van der Waals surface area (Å²) in [5.41, 5.74) is 2.01. The number of fused-ring (bicyclic) bond motifs is 1. The van der Waals surface area contributed by atoms with Crippen molar-refractivity contribution >= 4 is 30.0 Å². The van der Waals surface area contributed by atoms with Gasteiger partial charge in [0.2, 0.25) is 7.58 Å². The molecule has 0 aliphatic carbocycles. The van der Waals surface area contributed by atoms with Gasteiger partial charge in [0.05, 0.1) is 13.2 Å². The van der Waals surface area contributed by atoms with Gasteiger partial charge in [0.25, 0.3) is 0 Å². The number of H-pyrrole nitrogens is 1. The number of aromatic nitrogens is 2. The minimum absolute atomic E-state index is 0. The molecule has 0 radical (unpaired) electrons. The smallest absolute Gasteiger partial charge is 0.461 e. The Balaban J connectivity index is 0.000000344. The first kappa shape index (κ1) is 20.1. The van der Waals surface area contributed by atoms with Gasteiger partial charge in [0.1, 0.15) is 0 Å². The van der Waals surface area contributed by atoms with Crippen molar-refractivity contribution in [2.24, 2.45) is 0 Å². The van der Waals surface area contributed by atoms with E-state index in [2.05, 4.69) is 23.2 Å². The summed E-state index contributed by atoms with van der Waals surface area (Å²) in [6.45, 7) is 7.59. The van der Waals surface area contributed by atoms with E-state index in [4.69, 9.17) is 9.05 Å². The van der Waals surface area contributed by atoms with Crippen molar-refractivity contribution < 1.29 is 31.4 Å². The number of nitrogens with zero attached hydrogens (tertiary/aromatic N) is 1. The molecule has 1 heterocycles. The van der Waals surface area contributed by atoms with Gasteiger partial charge in [-0.3, -0.25) is 0 Å². The molecule has 0 spiro atoms. The zero-order chi connectivity index (χ0) is 13.9. The van der Waals surface area contributed by atoms with Crippen LogP contribution in [-0.4, -0.2) is 28.9 Å². The van der Waals surface area contributed by atoms with Gasteiger partial charge in [-0.25, -0.2) is 0 Å². The summed E-state index contributed by atoms with van der Waals surface area (Å²) < 4.78 is 10.7. The van der Waals surface area contributed by atoms with E-state index in [1.165, 1.54) is 0 Å². The van der Waals surface area contributed by atoms with Gasteiger partial charge in [0.15, 0.2) is 0 Å². The number of rotatable bonds is 6. The van der Waals surface area contributed by atoms with Crippen LogP contribution in [-0.2, 0) is 31.4 Å². The molecule has 1 aromatic heterocycles. The molecule has 0 aliphatic rings. The molecular weight excluding hydrogens is 476 g/mol. The fourth-order valence-corrected chi connectivity index (χ4v) is 3.82. The van der Waals surface area contributed by atoms with Crippen molar-refractivity contribution in [2.75, 3.05) is 19.0 Å². The normalized spacial score (nSPS) is 10.0. The van der Waals surface area contributed by atoms with E-state index in [-0.39, 0.29) is 22.4 Å². The number of aromatic amines is 1. The summed E-state index contributed by atoms with van der Waals surface area (Å²) in [6, 6.07) is 7.84. The van der Waals surface area contributed by atoms with Crippen molar-refractivity contribution in [1.82, 2.24) is 9.97 Å². The number of nitrogens with one attached hydrogen (secondary N) is 1. The predicted molar refractivity (Wildman–Crippen MR) is 83.2 cm³/mol. The zero-order valence-corrected chi connectivity index (χ0v) is 15.7. The molecule has 0 atom stereocenters. The molecule has 116 valence electrons. The first-order valence-corrected chi connectivity index (χ1v) is 9.08. The average molecular weight is 496 g/mol. The number of hydrogen-bond acceptors (Lipinski definition) is 4. The van der Waals surface area contributed by atoms with E-state index < -0.39 is 7.58 Å². The van der Waals surface area contributed by atoms with Crippen LogP contribution in [0.1, 0.15) is 20.8 Å². The maximum Gasteiger partial charge on any atom is 1.00 e. The third kappa shape index (κ3) is 7.79. The second-order valence-corrected chi connectivity index (χ2v) is 6.81. The van der Waals surface area contributed by atoms with Crippen molar-refractivity contribution in [3.63, 3.8) is 0 Å². The summed E-state index contributed by atoms with van der Waals surface area (Å²) in [6.07, 6.45) is 2.66. The van der Waals surface area contributed by atoms with E-state index in [9.17, 15) is 0 Å². The quantitative estimate of drug-likeness (QED) is 0.366. The molecule has 4 nitrogen and oxygen atoms in total. The van der Waals surface area contributed by atoms with Gasteiger partial charge in [0, 0.05) is 0 Å². The van der Waals surface area contributed by atoms with Gasteiger partial charge < -0.3 is 19.0 Å². The maximum atomic E-state index is 5.33. The SMILES string of the molecule is CCOP(OCC)SCC.[Au+].[c-]1nc2ccccc2[nH]1. The molecule has 20 heavy (non-hydrogen) atoms. The number of hydrogen-bond donors (Lipinski definition) is 1. The first-order chi connectivity index (χ1) is 9.31. The minimum Gasteiger partial charge on any atom is -0.461 e. The third-order valence-corrected chi connectivity index (χ3v) is 5.42. The van der Waals surface area contributed by atoms with E-state index >= 15 is 0 Å². The molecule has 2 aromatic rings. The first-order valence-electron chi connectivity index (χ1n) is 6.31. The number of benzene rings is 1. The molecule has 0 amide bonds. The Labute approximate surface area is 141 Å². The molecule has 1 N–H and O–H groups in total. The van der Waals surface area contributed by atoms with Crippen molar-refractivity contribution in [2.45, 2.75) is 20.8 Å². The van der Waals surface area contributed by atoms with E-state index in [1.54, 1.807) is 11.4 Å². The fourth-order valence-electron chi connectivity index (χ4n) is 1.25. The van der Waals surface area contributed by atoms with Gasteiger partial charge in [-0.1, -0.05) is 41.5 Å². The van der Waals surface area contributed by atoms with Crippen LogP contribution >= 0.6 is 19.0 Å². The largest absolute Gasteiger partial charge is 1.00 e. The second kappa shape index (κ2) is 12.8. The summed E-state index contributed by atoms with van der Waals surface area (Å²) >= 11 is 1.75. The van der Waals surface area contributed by atoms with E-state index in [1.807, 2.05) is 38.1 Å². The topological polar surface area (TPSA) is 47.1 Å². The Hall–Kier alpha value is 0.130. The Bertz CT molecular complexity index is 414. The number of imidazole rings is 1. The summed E-state index contributed by atoms with van der Waals surface area (Å²) in [4.78, 5) is 6.82. The maximum absolute atomic E-state index is 5.33. The van der Waals surface area contributed by atoms with Crippen LogP contribution < -0.4 is 0 Å². The Morgan fingerprint density at radius 1 is 1.20 bits per heavy atom. The predicted octanol–water partition coefficient (Wildman–Crippen LogP) is 4.40. The molecule has 0 bridgehead atoms. The molecule has 0 aliphatic heterocycles. The molecule has 0 unspecified atom stereocenters. The van der Waals surface area contributed by atoms with Gasteiger partial charge >= 0.3 is 22.4 Å². The monoisotopic (exact) mass is 496 g/mol. The van der Waals surface area contributed by atoms with Crippen LogP contribution in [0.4, 0.5) is 0 Å². The Morgan fingerprint density at radius 2 is 1.85 bits per heavy atom. The number of para-hydroxylation sites is 2. The van der Waals surface area contributed by atoms with Crippen molar-refractivity contribution in [3.05, 3.63) is 30.6 Å². The summed E-state index contributed by atoms with van der Waals surface area (Å²) in [5.74, 6) is 1.06. The molecular formula is C13H20AuN2O2PS. The molecule has 1 aromatic carbocycles. The molecule has 0 fully saturated rings. The minimum atomic E-state index is -0.644. The van der Waals surface area contributed by atoms with E-state index in [0.717, 1.165) is 30.0 Å². The molecule has 2 rings (SSSR count). The molecule has 0 saturated carbocycles. The summed E-state index contributed by atoms with van der Waals surface area (Å²) in [5, 5.41) is 0. The molecule has 0 saturated heterocycles. The Kier molecular flexibility index (Phi) is 12.9. The Morgan fingerprint density at radius 3 is 2.40 bits per heavy atom. The van der Waals surface area contributed by atoms with Gasteiger partial charge in [-0.15, -0.1) is 12.1 Å². The van der Waals surface area contributed by atoms with E-state index in [0.29, 0.717) is 0 Å². The summed E-state index contributed by atoms with van der Waals surface area (Å²) in [7, 11) is -0.644. The second-order valence-electron chi connectivity index (χ2n) is 3.34. The van der Waals surface area contributed by atoms with Crippen molar-refractivity contribution in [3.8, 4) is 0 Å². The van der Waals surface area contributed by atoms with Crippen LogP contribution in [0.15, 0.2) is 24.3 Å². The van der Waals surface area contributed by atoms with Crippen LogP contribution in [0.5, 0.6) is 0 Å². The van der Waals surface area contributed by atoms with Gasteiger partial charge in [-0.2, -0.15) is 0 Å². The fraction of sp³-hybridized carbons (Fsp3) is 0.462. The zero-order valence-electron chi connectivity index (χ0n) is 11.9. The van der Waals surface area contributed by atoms with Gasteiger partial charge in [-0.05, 0) is 25.9 Å². The van der Waals surface area contributed by atoms with Crippen molar-refractivity contribution in [1.29, 1.82) is 0 Å². The van der Waals surface area contributed by atoms with Crippen LogP contribution in [0.25, 0.3) is 11.0 Å². The molecule has 7 heteroatoms. The van der Waals surface area contributed by atoms with Crippen LogP contribution in [0, 0.1) is 6.33 Å².